The van der Waals surface area contributed by atoms with E-state index in [9.17, 15) is 14.4 Å². The number of carbonyl (C=O) groups is 2. The molecule has 3 heterocycles. The van der Waals surface area contributed by atoms with E-state index < -0.39 is 0 Å². The van der Waals surface area contributed by atoms with Gasteiger partial charge in [0.05, 0.1) is 13.3 Å². The number of rotatable bonds is 5. The number of ether oxygens (including phenoxy) is 1. The highest BCUT2D eigenvalue weighted by Gasteiger charge is 2.25. The van der Waals surface area contributed by atoms with Crippen molar-refractivity contribution in [3.63, 3.8) is 0 Å². The SMILES string of the molecule is COc1cn2c(cc1=O)C(=O)N(CCNC(=O)c1ccc(Br)o1)CC2. The quantitative estimate of drug-likeness (QED) is 0.797. The van der Waals surface area contributed by atoms with Crippen molar-refractivity contribution in [3.05, 3.63) is 50.7 Å². The van der Waals surface area contributed by atoms with Crippen molar-refractivity contribution < 1.29 is 18.7 Å². The summed E-state index contributed by atoms with van der Waals surface area (Å²) in [7, 11) is 1.42. The van der Waals surface area contributed by atoms with Crippen LogP contribution in [-0.2, 0) is 6.54 Å². The smallest absolute Gasteiger partial charge is 0.287 e. The molecule has 132 valence electrons. The van der Waals surface area contributed by atoms with Gasteiger partial charge in [0.15, 0.2) is 16.2 Å². The predicted octanol–water partition coefficient (Wildman–Crippen LogP) is 1.10. The van der Waals surface area contributed by atoms with E-state index in [-0.39, 0.29) is 35.3 Å². The maximum atomic E-state index is 12.5. The molecule has 1 aliphatic rings. The highest BCUT2D eigenvalue weighted by molar-refractivity contribution is 9.10. The van der Waals surface area contributed by atoms with Crippen LogP contribution in [0.2, 0.25) is 0 Å². The number of aromatic nitrogens is 1. The van der Waals surface area contributed by atoms with Crippen LogP contribution in [0.15, 0.2) is 38.3 Å². The molecule has 25 heavy (non-hydrogen) atoms. The molecule has 2 amide bonds. The molecule has 0 saturated carbocycles. The van der Waals surface area contributed by atoms with Crippen LogP contribution in [0.4, 0.5) is 0 Å². The number of fused-ring (bicyclic) bond motifs is 1. The third-order valence-electron chi connectivity index (χ3n) is 3.89. The second kappa shape index (κ2) is 7.14. The molecule has 1 N–H and O–H groups in total. The van der Waals surface area contributed by atoms with Gasteiger partial charge in [0.25, 0.3) is 11.8 Å². The Morgan fingerprint density at radius 2 is 2.16 bits per heavy atom. The van der Waals surface area contributed by atoms with Gasteiger partial charge in [-0.15, -0.1) is 0 Å². The minimum Gasteiger partial charge on any atom is -0.491 e. The van der Waals surface area contributed by atoms with E-state index in [0.29, 0.717) is 30.0 Å². The van der Waals surface area contributed by atoms with Crippen molar-refractivity contribution in [1.82, 2.24) is 14.8 Å². The topological polar surface area (TPSA) is 93.8 Å². The first-order valence-electron chi connectivity index (χ1n) is 7.61. The first-order valence-corrected chi connectivity index (χ1v) is 8.40. The van der Waals surface area contributed by atoms with E-state index in [4.69, 9.17) is 9.15 Å². The first kappa shape index (κ1) is 17.3. The molecule has 0 radical (unpaired) electrons. The second-order valence-corrected chi connectivity index (χ2v) is 6.22. The average molecular weight is 410 g/mol. The molecule has 0 bridgehead atoms. The Morgan fingerprint density at radius 1 is 1.36 bits per heavy atom. The molecule has 2 aromatic rings. The summed E-state index contributed by atoms with van der Waals surface area (Å²) in [6.45, 7) is 1.66. The fourth-order valence-corrected chi connectivity index (χ4v) is 2.92. The third kappa shape index (κ3) is 3.60. The Morgan fingerprint density at radius 3 is 2.84 bits per heavy atom. The van der Waals surface area contributed by atoms with E-state index in [1.54, 1.807) is 27.8 Å². The number of furan rings is 1. The van der Waals surface area contributed by atoms with Crippen molar-refractivity contribution in [2.45, 2.75) is 6.54 Å². The zero-order valence-electron chi connectivity index (χ0n) is 13.5. The number of pyridine rings is 1. The molecule has 8 nitrogen and oxygen atoms in total. The molecular weight excluding hydrogens is 394 g/mol. The van der Waals surface area contributed by atoms with E-state index in [0.717, 1.165) is 0 Å². The van der Waals surface area contributed by atoms with E-state index in [1.165, 1.54) is 13.2 Å². The van der Waals surface area contributed by atoms with Crippen LogP contribution in [0.1, 0.15) is 21.0 Å². The zero-order chi connectivity index (χ0) is 18.0. The fourth-order valence-electron chi connectivity index (χ4n) is 2.61. The average Bonchev–Trinajstić information content (AvgIpc) is 3.03. The molecule has 0 atom stereocenters. The van der Waals surface area contributed by atoms with Gasteiger partial charge in [-0.3, -0.25) is 14.4 Å². The number of hydrogen-bond acceptors (Lipinski definition) is 5. The fraction of sp³-hybridized carbons (Fsp3) is 0.312. The molecule has 1 aliphatic heterocycles. The molecule has 9 heteroatoms. The number of carbonyl (C=O) groups excluding carboxylic acids is 2. The van der Waals surface area contributed by atoms with Crippen LogP contribution in [-0.4, -0.2) is 48.0 Å². The molecule has 3 rings (SSSR count). The summed E-state index contributed by atoms with van der Waals surface area (Å²) in [6.07, 6.45) is 1.55. The normalized spacial score (nSPS) is 13.5. The predicted molar refractivity (Wildman–Crippen MR) is 91.9 cm³/mol. The molecule has 0 unspecified atom stereocenters. The lowest BCUT2D eigenvalue weighted by Crippen LogP contribution is -2.45. The summed E-state index contributed by atoms with van der Waals surface area (Å²) in [5, 5.41) is 2.70. The number of nitrogens with zero attached hydrogens (tertiary/aromatic N) is 2. The van der Waals surface area contributed by atoms with Gasteiger partial charge >= 0.3 is 0 Å². The molecule has 0 saturated heterocycles. The Labute approximate surface area is 151 Å². The monoisotopic (exact) mass is 409 g/mol. The molecule has 0 spiro atoms. The largest absolute Gasteiger partial charge is 0.491 e. The van der Waals surface area contributed by atoms with Gasteiger partial charge in [0.1, 0.15) is 5.69 Å². The van der Waals surface area contributed by atoms with E-state index >= 15 is 0 Å². The standard InChI is InChI=1S/C16H16BrN3O5/c1-24-13-9-20-7-6-19(16(23)10(20)8-11(13)21)5-4-18-15(22)12-2-3-14(17)25-12/h2-3,8-9H,4-7H2,1H3,(H,18,22). The van der Waals surface area contributed by atoms with Gasteiger partial charge in [-0.05, 0) is 28.1 Å². The number of amides is 2. The summed E-state index contributed by atoms with van der Waals surface area (Å²) in [5.74, 6) is -0.194. The first-order chi connectivity index (χ1) is 12.0. The minimum atomic E-state index is -0.350. The van der Waals surface area contributed by atoms with Crippen LogP contribution in [0.5, 0.6) is 5.75 Å². The second-order valence-electron chi connectivity index (χ2n) is 5.44. The number of halogens is 1. The maximum absolute atomic E-state index is 12.5. The summed E-state index contributed by atoms with van der Waals surface area (Å²) in [5.41, 5.74) is -0.0148. The molecule has 0 fully saturated rings. The maximum Gasteiger partial charge on any atom is 0.287 e. The van der Waals surface area contributed by atoms with Crippen LogP contribution in [0.25, 0.3) is 0 Å². The lowest BCUT2D eigenvalue weighted by Gasteiger charge is -2.30. The van der Waals surface area contributed by atoms with Gasteiger partial charge in [-0.1, -0.05) is 0 Å². The van der Waals surface area contributed by atoms with Gasteiger partial charge in [0.2, 0.25) is 5.43 Å². The Bertz CT molecular complexity index is 873. The van der Waals surface area contributed by atoms with Crippen molar-refractivity contribution in [3.8, 4) is 5.75 Å². The third-order valence-corrected chi connectivity index (χ3v) is 4.32. The Kier molecular flexibility index (Phi) is 4.93. The van der Waals surface area contributed by atoms with Crippen LogP contribution in [0, 0.1) is 0 Å². The van der Waals surface area contributed by atoms with Gasteiger partial charge < -0.3 is 23.9 Å². The van der Waals surface area contributed by atoms with Crippen molar-refractivity contribution in [2.24, 2.45) is 0 Å². The summed E-state index contributed by atoms with van der Waals surface area (Å²) >= 11 is 3.13. The zero-order valence-corrected chi connectivity index (χ0v) is 15.0. The van der Waals surface area contributed by atoms with Gasteiger partial charge in [-0.2, -0.15) is 0 Å². The van der Waals surface area contributed by atoms with Gasteiger partial charge in [0, 0.05) is 32.2 Å². The van der Waals surface area contributed by atoms with Crippen LogP contribution in [0.3, 0.4) is 0 Å². The minimum absolute atomic E-state index is 0.195. The Hall–Kier alpha value is -2.55. The number of nitrogens with one attached hydrogen (secondary N) is 1. The van der Waals surface area contributed by atoms with E-state index in [1.807, 2.05) is 0 Å². The lowest BCUT2D eigenvalue weighted by atomic mass is 10.2. The summed E-state index contributed by atoms with van der Waals surface area (Å²) in [6, 6.07) is 4.47. The van der Waals surface area contributed by atoms with Crippen LogP contribution < -0.4 is 15.5 Å². The summed E-state index contributed by atoms with van der Waals surface area (Å²) in [4.78, 5) is 37.9. The number of hydrogen-bond donors (Lipinski definition) is 1. The highest BCUT2D eigenvalue weighted by atomic mass is 79.9. The summed E-state index contributed by atoms with van der Waals surface area (Å²) < 4.78 is 12.3. The van der Waals surface area contributed by atoms with Crippen LogP contribution >= 0.6 is 15.9 Å². The molecule has 0 aliphatic carbocycles. The lowest BCUT2D eigenvalue weighted by molar-refractivity contribution is 0.0695. The molecule has 0 aromatic carbocycles. The highest BCUT2D eigenvalue weighted by Crippen LogP contribution is 2.15. The Balaban J connectivity index is 1.61. The van der Waals surface area contributed by atoms with Crippen molar-refractivity contribution >= 4 is 27.7 Å². The van der Waals surface area contributed by atoms with Gasteiger partial charge in [-0.25, -0.2) is 0 Å². The molecular formula is C16H16BrN3O5. The van der Waals surface area contributed by atoms with Crippen molar-refractivity contribution in [2.75, 3.05) is 26.7 Å². The van der Waals surface area contributed by atoms with Crippen molar-refractivity contribution in [1.29, 1.82) is 0 Å². The molecule has 2 aromatic heterocycles. The number of methoxy groups -OCH3 is 1. The van der Waals surface area contributed by atoms with E-state index in [2.05, 4.69) is 21.2 Å².